The van der Waals surface area contributed by atoms with Gasteiger partial charge in [0.15, 0.2) is 9.84 Å². The number of carbonyl (C=O) groups is 1. The summed E-state index contributed by atoms with van der Waals surface area (Å²) in [5.74, 6) is 0.631. The Balaban J connectivity index is 1.47. The van der Waals surface area contributed by atoms with Gasteiger partial charge < -0.3 is 4.90 Å². The normalized spacial score (nSPS) is 18.6. The number of rotatable bonds is 7. The van der Waals surface area contributed by atoms with Gasteiger partial charge in [-0.3, -0.25) is 9.48 Å². The summed E-state index contributed by atoms with van der Waals surface area (Å²) in [7, 11) is -1.24. The molecule has 3 aromatic rings. The SMILES string of the molecule is CCS(=O)(=O)c1ccc(CCC(=O)N2CC(c3ccccc3)C(c3cc(C)nn3C)C2)cc1. The van der Waals surface area contributed by atoms with Gasteiger partial charge in [-0.2, -0.15) is 5.10 Å². The van der Waals surface area contributed by atoms with Gasteiger partial charge in [0.25, 0.3) is 0 Å². The minimum Gasteiger partial charge on any atom is -0.341 e. The van der Waals surface area contributed by atoms with Crippen molar-refractivity contribution in [1.29, 1.82) is 0 Å². The molecule has 1 aliphatic heterocycles. The van der Waals surface area contributed by atoms with Gasteiger partial charge in [0.2, 0.25) is 5.91 Å². The Morgan fingerprint density at radius 3 is 2.30 bits per heavy atom. The molecule has 7 heteroatoms. The van der Waals surface area contributed by atoms with Crippen molar-refractivity contribution in [3.05, 3.63) is 83.2 Å². The van der Waals surface area contributed by atoms with Crippen LogP contribution in [0.2, 0.25) is 0 Å². The van der Waals surface area contributed by atoms with Crippen LogP contribution < -0.4 is 0 Å². The van der Waals surface area contributed by atoms with Crippen molar-refractivity contribution in [2.24, 2.45) is 7.05 Å². The smallest absolute Gasteiger partial charge is 0.222 e. The molecule has 0 radical (unpaired) electrons. The predicted molar refractivity (Wildman–Crippen MR) is 129 cm³/mol. The Kier molecular flexibility index (Phi) is 6.70. The van der Waals surface area contributed by atoms with Crippen molar-refractivity contribution in [2.75, 3.05) is 18.8 Å². The highest BCUT2D eigenvalue weighted by atomic mass is 32.2. The Bertz CT molecular complexity index is 1220. The summed E-state index contributed by atoms with van der Waals surface area (Å²) in [5.41, 5.74) is 4.35. The average molecular weight is 466 g/mol. The summed E-state index contributed by atoms with van der Waals surface area (Å²) >= 11 is 0. The summed E-state index contributed by atoms with van der Waals surface area (Å²) < 4.78 is 26.0. The van der Waals surface area contributed by atoms with E-state index in [4.69, 9.17) is 0 Å². The predicted octanol–water partition coefficient (Wildman–Crippen LogP) is 3.86. The number of benzene rings is 2. The van der Waals surface area contributed by atoms with Gasteiger partial charge in [0.05, 0.1) is 16.3 Å². The van der Waals surface area contributed by atoms with E-state index < -0.39 is 9.84 Å². The van der Waals surface area contributed by atoms with Crippen molar-refractivity contribution in [3.8, 4) is 0 Å². The number of carbonyl (C=O) groups excluding carboxylic acids is 1. The van der Waals surface area contributed by atoms with Crippen LogP contribution in [-0.4, -0.2) is 47.8 Å². The van der Waals surface area contributed by atoms with E-state index in [0.717, 1.165) is 17.0 Å². The van der Waals surface area contributed by atoms with Crippen LogP contribution in [0.25, 0.3) is 0 Å². The second-order valence-corrected chi connectivity index (χ2v) is 11.1. The van der Waals surface area contributed by atoms with Gasteiger partial charge >= 0.3 is 0 Å². The van der Waals surface area contributed by atoms with Crippen LogP contribution in [-0.2, 0) is 28.1 Å². The van der Waals surface area contributed by atoms with Gasteiger partial charge in [-0.1, -0.05) is 49.4 Å². The van der Waals surface area contributed by atoms with Crippen molar-refractivity contribution in [2.45, 2.75) is 43.4 Å². The Morgan fingerprint density at radius 2 is 1.70 bits per heavy atom. The van der Waals surface area contributed by atoms with Crippen LogP contribution in [0.15, 0.2) is 65.6 Å². The molecule has 33 heavy (non-hydrogen) atoms. The summed E-state index contributed by atoms with van der Waals surface area (Å²) in [6.07, 6.45) is 0.992. The molecule has 2 aromatic carbocycles. The summed E-state index contributed by atoms with van der Waals surface area (Å²) in [6.45, 7) is 4.99. The van der Waals surface area contributed by atoms with E-state index in [1.54, 1.807) is 19.1 Å². The molecule has 0 spiro atoms. The zero-order valence-corrected chi connectivity index (χ0v) is 20.3. The second-order valence-electron chi connectivity index (χ2n) is 8.80. The maximum absolute atomic E-state index is 13.1. The van der Waals surface area contributed by atoms with Crippen molar-refractivity contribution < 1.29 is 13.2 Å². The van der Waals surface area contributed by atoms with E-state index in [1.807, 2.05) is 53.9 Å². The first-order chi connectivity index (χ1) is 15.8. The summed E-state index contributed by atoms with van der Waals surface area (Å²) in [6, 6.07) is 19.4. The first-order valence-corrected chi connectivity index (χ1v) is 13.1. The highest BCUT2D eigenvalue weighted by molar-refractivity contribution is 7.91. The monoisotopic (exact) mass is 465 g/mol. The van der Waals surface area contributed by atoms with Crippen molar-refractivity contribution in [3.63, 3.8) is 0 Å². The first kappa shape index (κ1) is 23.2. The molecule has 6 nitrogen and oxygen atoms in total. The molecule has 0 N–H and O–H groups in total. The average Bonchev–Trinajstić information content (AvgIpc) is 3.41. The van der Waals surface area contributed by atoms with Crippen molar-refractivity contribution in [1.82, 2.24) is 14.7 Å². The lowest BCUT2D eigenvalue weighted by Gasteiger charge is -2.18. The molecule has 0 aliphatic carbocycles. The van der Waals surface area contributed by atoms with E-state index in [1.165, 1.54) is 5.56 Å². The van der Waals surface area contributed by atoms with Gasteiger partial charge in [-0.05, 0) is 42.7 Å². The lowest BCUT2D eigenvalue weighted by Crippen LogP contribution is -2.29. The fourth-order valence-corrected chi connectivity index (χ4v) is 5.65. The molecule has 2 unspecified atom stereocenters. The molecule has 1 aliphatic rings. The van der Waals surface area contributed by atoms with Gasteiger partial charge in [0, 0.05) is 44.1 Å². The lowest BCUT2D eigenvalue weighted by atomic mass is 9.86. The molecule has 1 fully saturated rings. The molecule has 4 rings (SSSR count). The molecular weight excluding hydrogens is 434 g/mol. The highest BCUT2D eigenvalue weighted by Crippen LogP contribution is 2.40. The third-order valence-electron chi connectivity index (χ3n) is 6.61. The fourth-order valence-electron chi connectivity index (χ4n) is 4.76. The maximum atomic E-state index is 13.1. The van der Waals surface area contributed by atoms with Gasteiger partial charge in [-0.25, -0.2) is 8.42 Å². The third-order valence-corrected chi connectivity index (χ3v) is 8.36. The number of hydrogen-bond donors (Lipinski definition) is 0. The molecule has 174 valence electrons. The van der Waals surface area contributed by atoms with Crippen LogP contribution in [0.5, 0.6) is 0 Å². The minimum absolute atomic E-state index is 0.0831. The number of nitrogens with zero attached hydrogens (tertiary/aromatic N) is 3. The van der Waals surface area contributed by atoms with Crippen LogP contribution >= 0.6 is 0 Å². The molecule has 1 saturated heterocycles. The number of aromatic nitrogens is 2. The molecule has 2 heterocycles. The van der Waals surface area contributed by atoms with Crippen LogP contribution in [0.4, 0.5) is 0 Å². The minimum atomic E-state index is -3.21. The number of amides is 1. The fraction of sp³-hybridized carbons (Fsp3) is 0.385. The molecule has 0 bridgehead atoms. The maximum Gasteiger partial charge on any atom is 0.222 e. The van der Waals surface area contributed by atoms with Gasteiger partial charge in [0.1, 0.15) is 0 Å². The topological polar surface area (TPSA) is 72.3 Å². The quantitative estimate of drug-likeness (QED) is 0.531. The number of hydrogen-bond acceptors (Lipinski definition) is 4. The van der Waals surface area contributed by atoms with E-state index in [2.05, 4.69) is 23.3 Å². The Hall–Kier alpha value is -2.93. The summed E-state index contributed by atoms with van der Waals surface area (Å²) in [4.78, 5) is 15.4. The van der Waals surface area contributed by atoms with Gasteiger partial charge in [-0.15, -0.1) is 0 Å². The molecule has 1 aromatic heterocycles. The zero-order chi connectivity index (χ0) is 23.6. The largest absolute Gasteiger partial charge is 0.341 e. The van der Waals surface area contributed by atoms with Crippen molar-refractivity contribution >= 4 is 15.7 Å². The molecule has 0 saturated carbocycles. The first-order valence-electron chi connectivity index (χ1n) is 11.4. The Labute approximate surface area is 196 Å². The standard InChI is InChI=1S/C26H31N3O3S/c1-4-33(31,32)22-13-10-20(11-14-22)12-15-26(30)29-17-23(21-8-6-5-7-9-21)24(18-29)25-16-19(2)27-28(25)3/h5-11,13-14,16,23-24H,4,12,15,17-18H2,1-3H3. The van der Waals surface area contributed by atoms with E-state index in [0.29, 0.717) is 30.8 Å². The number of likely N-dealkylation sites (tertiary alicyclic amines) is 1. The molecule has 1 amide bonds. The molecule has 2 atom stereocenters. The third kappa shape index (κ3) is 5.03. The number of sulfone groups is 1. The lowest BCUT2D eigenvalue weighted by molar-refractivity contribution is -0.130. The van der Waals surface area contributed by atoms with E-state index >= 15 is 0 Å². The summed E-state index contributed by atoms with van der Waals surface area (Å²) in [5, 5.41) is 4.53. The van der Waals surface area contributed by atoms with Crippen LogP contribution in [0.1, 0.15) is 47.7 Å². The van der Waals surface area contributed by atoms with E-state index in [-0.39, 0.29) is 23.5 Å². The van der Waals surface area contributed by atoms with Crippen LogP contribution in [0.3, 0.4) is 0 Å². The zero-order valence-electron chi connectivity index (χ0n) is 19.4. The second kappa shape index (κ2) is 9.51. The molecular formula is C26H31N3O3S. The van der Waals surface area contributed by atoms with E-state index in [9.17, 15) is 13.2 Å². The Morgan fingerprint density at radius 1 is 1.03 bits per heavy atom. The van der Waals surface area contributed by atoms with Crippen LogP contribution in [0, 0.1) is 6.92 Å². The number of aryl methyl sites for hydroxylation is 3. The highest BCUT2D eigenvalue weighted by Gasteiger charge is 2.38.